The van der Waals surface area contributed by atoms with Gasteiger partial charge >= 0.3 is 0 Å². The average Bonchev–Trinajstić information content (AvgIpc) is 2.94. The van der Waals surface area contributed by atoms with Crippen LogP contribution in [0, 0.1) is 0 Å². The maximum atomic E-state index is 12.6. The van der Waals surface area contributed by atoms with Gasteiger partial charge in [0.25, 0.3) is 10.0 Å². The number of ether oxygens (including phenoxy) is 2. The van der Waals surface area contributed by atoms with Crippen molar-refractivity contribution in [1.82, 2.24) is 9.62 Å². The highest BCUT2D eigenvalue weighted by atomic mass is 32.2. The molecule has 1 N–H and O–H groups in total. The lowest BCUT2D eigenvalue weighted by Crippen LogP contribution is -2.36. The highest BCUT2D eigenvalue weighted by Crippen LogP contribution is 2.24. The van der Waals surface area contributed by atoms with E-state index in [-0.39, 0.29) is 0 Å². The summed E-state index contributed by atoms with van der Waals surface area (Å²) in [5.74, 6) is 0. The molecule has 0 amide bonds. The fourth-order valence-electron chi connectivity index (χ4n) is 1.71. The molecule has 0 aliphatic heterocycles. The molecule has 1 heterocycles. The fourth-order valence-corrected chi connectivity index (χ4v) is 4.59. The molecule has 0 fully saturated rings. The second-order valence-electron chi connectivity index (χ2n) is 4.39. The lowest BCUT2D eigenvalue weighted by molar-refractivity contribution is 0.150. The van der Waals surface area contributed by atoms with Crippen LogP contribution in [0.5, 0.6) is 0 Å². The summed E-state index contributed by atoms with van der Waals surface area (Å²) in [7, 11) is -0.373. The second kappa shape index (κ2) is 9.50. The molecule has 0 aliphatic carbocycles. The van der Waals surface area contributed by atoms with Gasteiger partial charge in [0.15, 0.2) is 0 Å². The van der Waals surface area contributed by atoms with E-state index in [1.807, 2.05) is 13.0 Å². The van der Waals surface area contributed by atoms with E-state index in [4.69, 9.17) is 9.47 Å². The van der Waals surface area contributed by atoms with Gasteiger partial charge in [-0.2, -0.15) is 4.31 Å². The Morgan fingerprint density at radius 1 is 1.19 bits per heavy atom. The summed E-state index contributed by atoms with van der Waals surface area (Å²) < 4.78 is 37.0. The Hall–Kier alpha value is -0.510. The van der Waals surface area contributed by atoms with Gasteiger partial charge in [0, 0.05) is 38.7 Å². The molecule has 0 radical (unpaired) electrons. The molecule has 6 nitrogen and oxygen atoms in total. The molecule has 0 aliphatic rings. The largest absolute Gasteiger partial charge is 0.383 e. The standard InChI is InChI=1S/C13H24N2O4S2/c1-4-14-11-12-5-6-13(20-12)21(16,17)15(7-9-18-2)8-10-19-3/h5-6,14H,4,7-11H2,1-3H3. The smallest absolute Gasteiger partial charge is 0.252 e. The maximum Gasteiger partial charge on any atom is 0.252 e. The van der Waals surface area contributed by atoms with Gasteiger partial charge in [0.05, 0.1) is 13.2 Å². The van der Waals surface area contributed by atoms with Gasteiger partial charge in [0.2, 0.25) is 0 Å². The molecule has 1 aromatic rings. The van der Waals surface area contributed by atoms with Crippen LogP contribution in [-0.2, 0) is 26.0 Å². The van der Waals surface area contributed by atoms with Crippen molar-refractivity contribution in [3.63, 3.8) is 0 Å². The number of hydrogen-bond acceptors (Lipinski definition) is 6. The predicted octanol–water partition coefficient (Wildman–Crippen LogP) is 1.14. The molecule has 0 saturated heterocycles. The van der Waals surface area contributed by atoms with E-state index in [1.54, 1.807) is 20.3 Å². The third-order valence-electron chi connectivity index (χ3n) is 2.87. The summed E-state index contributed by atoms with van der Waals surface area (Å²) >= 11 is 1.30. The fraction of sp³-hybridized carbons (Fsp3) is 0.692. The SMILES string of the molecule is CCNCc1ccc(S(=O)(=O)N(CCOC)CCOC)s1. The minimum absolute atomic E-state index is 0.322. The van der Waals surface area contributed by atoms with Crippen molar-refractivity contribution in [2.75, 3.05) is 47.1 Å². The number of nitrogens with zero attached hydrogens (tertiary/aromatic N) is 1. The van der Waals surface area contributed by atoms with Crippen LogP contribution in [0.15, 0.2) is 16.3 Å². The molecule has 1 aromatic heterocycles. The van der Waals surface area contributed by atoms with Gasteiger partial charge in [-0.25, -0.2) is 8.42 Å². The Labute approximate surface area is 131 Å². The van der Waals surface area contributed by atoms with Crippen molar-refractivity contribution in [1.29, 1.82) is 0 Å². The van der Waals surface area contributed by atoms with Crippen LogP contribution in [0.4, 0.5) is 0 Å². The van der Waals surface area contributed by atoms with Crippen LogP contribution in [0.1, 0.15) is 11.8 Å². The van der Waals surface area contributed by atoms with Gasteiger partial charge < -0.3 is 14.8 Å². The highest BCUT2D eigenvalue weighted by molar-refractivity contribution is 7.91. The van der Waals surface area contributed by atoms with Crippen LogP contribution in [0.2, 0.25) is 0 Å². The summed E-state index contributed by atoms with van der Waals surface area (Å²) in [5.41, 5.74) is 0. The third kappa shape index (κ3) is 5.65. The molecular formula is C13H24N2O4S2. The Morgan fingerprint density at radius 3 is 2.33 bits per heavy atom. The quantitative estimate of drug-likeness (QED) is 0.656. The van der Waals surface area contributed by atoms with Gasteiger partial charge in [-0.05, 0) is 18.7 Å². The van der Waals surface area contributed by atoms with E-state index >= 15 is 0 Å². The molecule has 0 aromatic carbocycles. The monoisotopic (exact) mass is 336 g/mol. The van der Waals surface area contributed by atoms with Crippen molar-refractivity contribution in [2.24, 2.45) is 0 Å². The first-order chi connectivity index (χ1) is 10.1. The summed E-state index contributed by atoms with van der Waals surface area (Å²) in [6.07, 6.45) is 0. The minimum Gasteiger partial charge on any atom is -0.383 e. The lowest BCUT2D eigenvalue weighted by atomic mass is 10.4. The molecule has 0 saturated carbocycles. The van der Waals surface area contributed by atoms with Crippen molar-refractivity contribution < 1.29 is 17.9 Å². The topological polar surface area (TPSA) is 67.9 Å². The molecule has 0 unspecified atom stereocenters. The van der Waals surface area contributed by atoms with Gasteiger partial charge in [0.1, 0.15) is 4.21 Å². The number of sulfonamides is 1. The summed E-state index contributed by atoms with van der Waals surface area (Å²) in [6.45, 7) is 4.92. The number of rotatable bonds is 11. The van der Waals surface area contributed by atoms with Crippen LogP contribution < -0.4 is 5.32 Å². The molecular weight excluding hydrogens is 312 g/mol. The number of nitrogens with one attached hydrogen (secondary N) is 1. The average molecular weight is 336 g/mol. The number of methoxy groups -OCH3 is 2. The first kappa shape index (κ1) is 18.5. The number of hydrogen-bond donors (Lipinski definition) is 1. The Kier molecular flexibility index (Phi) is 8.38. The zero-order valence-electron chi connectivity index (χ0n) is 12.8. The molecule has 0 bridgehead atoms. The summed E-state index contributed by atoms with van der Waals surface area (Å²) in [4.78, 5) is 1.01. The van der Waals surface area contributed by atoms with E-state index < -0.39 is 10.0 Å². The molecule has 8 heteroatoms. The maximum absolute atomic E-state index is 12.6. The van der Waals surface area contributed by atoms with Gasteiger partial charge in [-0.15, -0.1) is 11.3 Å². The second-order valence-corrected chi connectivity index (χ2v) is 7.72. The zero-order chi connectivity index (χ0) is 15.7. The van der Waals surface area contributed by atoms with Gasteiger partial charge in [-0.1, -0.05) is 6.92 Å². The molecule has 0 spiro atoms. The van der Waals surface area contributed by atoms with E-state index in [2.05, 4.69) is 5.32 Å². The van der Waals surface area contributed by atoms with Crippen molar-refractivity contribution >= 4 is 21.4 Å². The highest BCUT2D eigenvalue weighted by Gasteiger charge is 2.25. The first-order valence-electron chi connectivity index (χ1n) is 6.83. The molecule has 21 heavy (non-hydrogen) atoms. The third-order valence-corrected chi connectivity index (χ3v) is 6.32. The van der Waals surface area contributed by atoms with Crippen LogP contribution in [0.3, 0.4) is 0 Å². The van der Waals surface area contributed by atoms with Crippen LogP contribution in [0.25, 0.3) is 0 Å². The Morgan fingerprint density at radius 2 is 1.81 bits per heavy atom. The predicted molar refractivity (Wildman–Crippen MR) is 84.2 cm³/mol. The van der Waals surface area contributed by atoms with Crippen molar-refractivity contribution in [3.8, 4) is 0 Å². The zero-order valence-corrected chi connectivity index (χ0v) is 14.4. The van der Waals surface area contributed by atoms with E-state index in [9.17, 15) is 8.42 Å². The van der Waals surface area contributed by atoms with E-state index in [0.717, 1.165) is 11.4 Å². The minimum atomic E-state index is -3.49. The molecule has 122 valence electrons. The number of thiophene rings is 1. The normalized spacial score (nSPS) is 12.2. The molecule has 1 rings (SSSR count). The summed E-state index contributed by atoms with van der Waals surface area (Å²) in [6, 6.07) is 3.52. The van der Waals surface area contributed by atoms with Crippen molar-refractivity contribution in [3.05, 3.63) is 17.0 Å². The van der Waals surface area contributed by atoms with Gasteiger partial charge in [-0.3, -0.25) is 0 Å². The Balaban J connectivity index is 2.85. The first-order valence-corrected chi connectivity index (χ1v) is 9.09. The lowest BCUT2D eigenvalue weighted by Gasteiger charge is -2.20. The van der Waals surface area contributed by atoms with Crippen LogP contribution in [-0.4, -0.2) is 59.8 Å². The van der Waals surface area contributed by atoms with Crippen LogP contribution >= 0.6 is 11.3 Å². The molecule has 0 atom stereocenters. The van der Waals surface area contributed by atoms with Crippen molar-refractivity contribution in [2.45, 2.75) is 17.7 Å². The van der Waals surface area contributed by atoms with E-state index in [0.29, 0.717) is 37.1 Å². The Bertz CT molecular complexity index is 494. The van der Waals surface area contributed by atoms with E-state index in [1.165, 1.54) is 15.6 Å². The summed E-state index contributed by atoms with van der Waals surface area (Å²) in [5, 5.41) is 3.19.